The first kappa shape index (κ1) is 34.1. The van der Waals surface area contributed by atoms with Crippen LogP contribution in [0.25, 0.3) is 11.1 Å². The van der Waals surface area contributed by atoms with Crippen molar-refractivity contribution in [3.8, 4) is 11.5 Å². The number of alkyl halides is 8. The molecule has 0 spiro atoms. The Balaban J connectivity index is 1.41. The van der Waals surface area contributed by atoms with E-state index in [2.05, 4.69) is 4.98 Å². The zero-order valence-corrected chi connectivity index (χ0v) is 25.9. The van der Waals surface area contributed by atoms with Crippen LogP contribution in [0, 0.1) is 11.8 Å². The Bertz CT molecular complexity index is 2000. The zero-order valence-electron chi connectivity index (χ0n) is 25.9. The number of oxazole rings is 1. The van der Waals surface area contributed by atoms with Crippen molar-refractivity contribution in [2.75, 3.05) is 6.54 Å². The summed E-state index contributed by atoms with van der Waals surface area (Å²) in [5.41, 5.74) is -0.0946. The second-order valence-electron chi connectivity index (χ2n) is 12.5. The largest absolute Gasteiger partial charge is 0.457 e. The van der Waals surface area contributed by atoms with Crippen molar-refractivity contribution < 1.29 is 49.1 Å². The van der Waals surface area contributed by atoms with E-state index >= 15 is 0 Å². The minimum atomic E-state index is -5.06. The van der Waals surface area contributed by atoms with Crippen molar-refractivity contribution in [1.29, 1.82) is 0 Å². The Labute approximate surface area is 273 Å². The number of H-pyrrole nitrogens is 1. The number of Topliss-reactive ketones (excluding diaryl/α,β-unsaturated/α-hetero) is 1. The topological polar surface area (TPSA) is 84.7 Å². The van der Waals surface area contributed by atoms with Crippen molar-refractivity contribution in [3.05, 3.63) is 105 Å². The van der Waals surface area contributed by atoms with Crippen LogP contribution in [-0.2, 0) is 17.1 Å². The minimum Gasteiger partial charge on any atom is -0.457 e. The van der Waals surface area contributed by atoms with Gasteiger partial charge in [0.05, 0.1) is 22.4 Å². The van der Waals surface area contributed by atoms with Crippen LogP contribution >= 0.6 is 0 Å². The van der Waals surface area contributed by atoms with Crippen molar-refractivity contribution in [1.82, 2.24) is 4.98 Å². The van der Waals surface area contributed by atoms with Crippen LogP contribution in [0.5, 0.6) is 11.5 Å². The highest BCUT2D eigenvalue weighted by Crippen LogP contribution is 2.47. The van der Waals surface area contributed by atoms with E-state index in [0.717, 1.165) is 6.92 Å². The van der Waals surface area contributed by atoms with Gasteiger partial charge in [0.1, 0.15) is 11.5 Å². The molecule has 4 aromatic rings. The smallest absolute Gasteiger partial charge is 0.417 e. The fourth-order valence-electron chi connectivity index (χ4n) is 6.76. The fourth-order valence-corrected chi connectivity index (χ4v) is 6.76. The van der Waals surface area contributed by atoms with Crippen LogP contribution in [-0.4, -0.2) is 28.9 Å². The summed E-state index contributed by atoms with van der Waals surface area (Å²) in [5.74, 6) is -6.82. The third-order valence-corrected chi connectivity index (χ3v) is 8.83. The number of aliphatic imine (C=N–C) groups is 1. The Morgan fingerprint density at radius 2 is 1.57 bits per heavy atom. The average molecular weight is 693 g/mol. The molecule has 0 saturated carbocycles. The molecule has 1 aromatic heterocycles. The first-order chi connectivity index (χ1) is 22.9. The van der Waals surface area contributed by atoms with Crippen molar-refractivity contribution in [3.63, 3.8) is 0 Å². The second kappa shape index (κ2) is 12.3. The summed E-state index contributed by atoms with van der Waals surface area (Å²) in [4.78, 5) is 33.3. The third kappa shape index (κ3) is 7.04. The van der Waals surface area contributed by atoms with E-state index < -0.39 is 65.1 Å². The summed E-state index contributed by atoms with van der Waals surface area (Å²) >= 11 is 0. The maximum atomic E-state index is 14.1. The predicted molar refractivity (Wildman–Crippen MR) is 163 cm³/mol. The van der Waals surface area contributed by atoms with Gasteiger partial charge < -0.3 is 9.15 Å². The molecular formula is C35H28F8N2O4. The molecule has 2 unspecified atom stereocenters. The number of benzene rings is 3. The zero-order chi connectivity index (χ0) is 35.5. The van der Waals surface area contributed by atoms with E-state index in [4.69, 9.17) is 14.1 Å². The quantitative estimate of drug-likeness (QED) is 0.196. The molecule has 2 heterocycles. The molecule has 6 nitrogen and oxygen atoms in total. The number of hydrogen-bond donors (Lipinski definition) is 1. The number of fused-ring (bicyclic) bond motifs is 1. The minimum absolute atomic E-state index is 0.000101. The summed E-state index contributed by atoms with van der Waals surface area (Å²) < 4.78 is 119. The number of halogens is 8. The Kier molecular flexibility index (Phi) is 8.56. The lowest BCUT2D eigenvalue weighted by atomic mass is 9.65. The Morgan fingerprint density at radius 3 is 2.18 bits per heavy atom. The van der Waals surface area contributed by atoms with Gasteiger partial charge >= 0.3 is 18.1 Å². The van der Waals surface area contributed by atoms with E-state index in [1.165, 1.54) is 12.1 Å². The number of hydrogen-bond acceptors (Lipinski definition) is 5. The standard InChI is InChI=1S/C35H28F8N2O4/c1-17(16-33(2,36)37)25-15-26(28-23(30(25)46)10-11-44-29(28)24-4-3-5-27-31(24)49-32(47)45-27)18-6-8-21(9-7-18)48-22-13-19(34(38,39)40)12-20(14-22)35(41,42)43/h3-9,12-14,17,25-26H,10-11,15-16H2,1-2H3,(H,45,47)/t17?,25?,26-/m0/s1. The molecule has 49 heavy (non-hydrogen) atoms. The number of nitrogens with zero attached hydrogens (tertiary/aromatic N) is 1. The van der Waals surface area contributed by atoms with Gasteiger partial charge in [-0.05, 0) is 79.3 Å². The van der Waals surface area contributed by atoms with E-state index in [-0.39, 0.29) is 42.6 Å². The number of allylic oxidation sites excluding steroid dienone is 1. The van der Waals surface area contributed by atoms with Crippen LogP contribution < -0.4 is 10.5 Å². The molecule has 0 amide bonds. The summed E-state index contributed by atoms with van der Waals surface area (Å²) in [6.07, 6.45) is -10.3. The van der Waals surface area contributed by atoms with Gasteiger partial charge in [0.15, 0.2) is 11.4 Å². The molecule has 3 atom stereocenters. The molecule has 0 bridgehead atoms. The number of carbonyl (C=O) groups is 1. The molecule has 3 aromatic carbocycles. The van der Waals surface area contributed by atoms with Gasteiger partial charge in [0.25, 0.3) is 0 Å². The number of aromatic amines is 1. The predicted octanol–water partition coefficient (Wildman–Crippen LogP) is 9.49. The van der Waals surface area contributed by atoms with Gasteiger partial charge in [0, 0.05) is 35.9 Å². The summed E-state index contributed by atoms with van der Waals surface area (Å²) in [7, 11) is 0. The van der Waals surface area contributed by atoms with Crippen LogP contribution in [0.1, 0.15) is 61.3 Å². The number of aromatic nitrogens is 1. The van der Waals surface area contributed by atoms with E-state index in [1.807, 2.05) is 0 Å². The first-order valence-corrected chi connectivity index (χ1v) is 15.3. The van der Waals surface area contributed by atoms with E-state index in [9.17, 15) is 44.7 Å². The highest BCUT2D eigenvalue weighted by molar-refractivity contribution is 6.23. The first-order valence-electron chi connectivity index (χ1n) is 15.3. The van der Waals surface area contributed by atoms with Gasteiger partial charge in [0.2, 0.25) is 5.92 Å². The molecule has 0 radical (unpaired) electrons. The fraction of sp³-hybridized carbons (Fsp3) is 0.343. The molecule has 6 rings (SSSR count). The Morgan fingerprint density at radius 1 is 0.918 bits per heavy atom. The van der Waals surface area contributed by atoms with Gasteiger partial charge in [-0.3, -0.25) is 14.8 Å². The van der Waals surface area contributed by atoms with Gasteiger partial charge in [-0.25, -0.2) is 13.6 Å². The molecule has 258 valence electrons. The number of dihydropyridines is 1. The number of ether oxygens (including phenoxy) is 1. The molecule has 0 fully saturated rings. The molecule has 2 aliphatic rings. The van der Waals surface area contributed by atoms with Gasteiger partial charge in [-0.15, -0.1) is 0 Å². The lowest BCUT2D eigenvalue weighted by Crippen LogP contribution is -2.37. The summed E-state index contributed by atoms with van der Waals surface area (Å²) in [5, 5.41) is 0. The normalized spacial score (nSPS) is 19.6. The van der Waals surface area contributed by atoms with Crippen LogP contribution in [0.3, 0.4) is 0 Å². The molecular weight excluding hydrogens is 664 g/mol. The highest BCUT2D eigenvalue weighted by atomic mass is 19.4. The molecule has 1 aliphatic carbocycles. The SMILES string of the molecule is CC(CC(C)(F)F)C1C[C@@H](c2ccc(Oc3cc(C(F)(F)F)cc(C(F)(F)F)c3)cc2)C2=C(CCN=C2c2cccc3[nH]c(=O)oc23)C1=O. The van der Waals surface area contributed by atoms with Crippen molar-refractivity contribution in [2.24, 2.45) is 16.8 Å². The maximum Gasteiger partial charge on any atom is 0.417 e. The summed E-state index contributed by atoms with van der Waals surface area (Å²) in [6.45, 7) is 2.60. The highest BCUT2D eigenvalue weighted by Gasteiger charge is 2.44. The van der Waals surface area contributed by atoms with Gasteiger partial charge in [-0.1, -0.05) is 25.1 Å². The van der Waals surface area contributed by atoms with E-state index in [1.54, 1.807) is 37.3 Å². The summed E-state index contributed by atoms with van der Waals surface area (Å²) in [6, 6.07) is 11.8. The Hall–Kier alpha value is -4.75. The lowest BCUT2D eigenvalue weighted by molar-refractivity contribution is -0.143. The maximum absolute atomic E-state index is 14.1. The number of rotatable bonds is 7. The second-order valence-corrected chi connectivity index (χ2v) is 12.5. The average Bonchev–Trinajstić information content (AvgIpc) is 3.40. The van der Waals surface area contributed by atoms with Gasteiger partial charge in [-0.2, -0.15) is 26.3 Å². The third-order valence-electron chi connectivity index (χ3n) is 8.83. The van der Waals surface area contributed by atoms with Crippen LogP contribution in [0.15, 0.2) is 86.0 Å². The van der Waals surface area contributed by atoms with Crippen molar-refractivity contribution >= 4 is 22.6 Å². The van der Waals surface area contributed by atoms with Crippen LogP contribution in [0.2, 0.25) is 0 Å². The lowest BCUT2D eigenvalue weighted by Gasteiger charge is -2.38. The molecule has 14 heteroatoms. The monoisotopic (exact) mass is 692 g/mol. The number of carbonyl (C=O) groups excluding carboxylic acids is 1. The van der Waals surface area contributed by atoms with Crippen LogP contribution in [0.4, 0.5) is 35.1 Å². The number of para-hydroxylation sites is 1. The van der Waals surface area contributed by atoms with Crippen molar-refractivity contribution in [2.45, 2.75) is 57.3 Å². The van der Waals surface area contributed by atoms with E-state index in [0.29, 0.717) is 45.6 Å². The number of ketones is 1. The molecule has 1 N–H and O–H groups in total. The molecule has 0 saturated heterocycles. The molecule has 1 aliphatic heterocycles. The number of nitrogens with one attached hydrogen (secondary N) is 1.